The monoisotopic (exact) mass is 583 g/mol. The highest BCUT2D eigenvalue weighted by Crippen LogP contribution is 2.26. The van der Waals surface area contributed by atoms with Gasteiger partial charge in [0.1, 0.15) is 12.6 Å². The first-order valence-corrected chi connectivity index (χ1v) is 15.5. The number of aryl methyl sites for hydroxylation is 1. The molecule has 0 saturated heterocycles. The van der Waals surface area contributed by atoms with Gasteiger partial charge in [-0.25, -0.2) is 8.42 Å². The molecule has 1 atom stereocenters. The van der Waals surface area contributed by atoms with Gasteiger partial charge in [0.2, 0.25) is 21.8 Å². The largest absolute Gasteiger partial charge is 0.354 e. The van der Waals surface area contributed by atoms with Crippen molar-refractivity contribution in [3.8, 4) is 0 Å². The summed E-state index contributed by atoms with van der Waals surface area (Å²) in [4.78, 5) is 29.3. The van der Waals surface area contributed by atoms with Crippen LogP contribution in [0.2, 0.25) is 5.02 Å². The second kappa shape index (κ2) is 13.8. The number of halogens is 1. The molecule has 9 heteroatoms. The molecule has 0 heterocycles. The lowest BCUT2D eigenvalue weighted by Gasteiger charge is -2.34. The zero-order valence-electron chi connectivity index (χ0n) is 23.7. The second-order valence-corrected chi connectivity index (χ2v) is 12.8. The molecule has 0 aliphatic carbocycles. The van der Waals surface area contributed by atoms with Crippen molar-refractivity contribution in [3.63, 3.8) is 0 Å². The highest BCUT2D eigenvalue weighted by Gasteiger charge is 2.33. The SMILES string of the molecule is Cc1cccc(N(CC(=O)N(Cc2cccc(Cl)c2)[C@@H](Cc2ccccc2)C(=O)NCC(C)C)S(C)(=O)=O)c1C. The molecule has 0 fully saturated rings. The highest BCUT2D eigenvalue weighted by molar-refractivity contribution is 7.92. The number of nitrogens with zero attached hydrogens (tertiary/aromatic N) is 2. The molecule has 3 aromatic carbocycles. The van der Waals surface area contributed by atoms with Crippen molar-refractivity contribution in [2.75, 3.05) is 23.7 Å². The number of nitrogens with one attached hydrogen (secondary N) is 1. The number of hydrogen-bond donors (Lipinski definition) is 1. The summed E-state index contributed by atoms with van der Waals surface area (Å²) in [6, 6.07) is 21.0. The van der Waals surface area contributed by atoms with Crippen molar-refractivity contribution < 1.29 is 18.0 Å². The zero-order valence-corrected chi connectivity index (χ0v) is 25.3. The van der Waals surface area contributed by atoms with Gasteiger partial charge < -0.3 is 10.2 Å². The van der Waals surface area contributed by atoms with Gasteiger partial charge in [0.15, 0.2) is 0 Å². The number of carbonyl (C=O) groups is 2. The van der Waals surface area contributed by atoms with Gasteiger partial charge in [0.05, 0.1) is 11.9 Å². The van der Waals surface area contributed by atoms with E-state index in [4.69, 9.17) is 11.6 Å². The fourth-order valence-corrected chi connectivity index (χ4v) is 5.52. The van der Waals surface area contributed by atoms with Crippen LogP contribution in [-0.4, -0.2) is 50.5 Å². The lowest BCUT2D eigenvalue weighted by Crippen LogP contribution is -2.53. The molecule has 0 bridgehead atoms. The van der Waals surface area contributed by atoms with Crippen LogP contribution >= 0.6 is 11.6 Å². The van der Waals surface area contributed by atoms with Crippen LogP contribution < -0.4 is 9.62 Å². The summed E-state index contributed by atoms with van der Waals surface area (Å²) in [5, 5.41) is 3.48. The highest BCUT2D eigenvalue weighted by atomic mass is 35.5. The molecule has 214 valence electrons. The first-order valence-electron chi connectivity index (χ1n) is 13.3. The summed E-state index contributed by atoms with van der Waals surface area (Å²) >= 11 is 6.25. The third kappa shape index (κ3) is 8.57. The average molecular weight is 584 g/mol. The number of carbonyl (C=O) groups excluding carboxylic acids is 2. The predicted octanol–water partition coefficient (Wildman–Crippen LogP) is 5.14. The number of anilines is 1. The standard InChI is InChI=1S/C31H38ClN3O4S/c1-22(2)19-33-31(37)29(18-25-12-7-6-8-13-25)34(20-26-14-10-15-27(32)17-26)30(36)21-35(40(5,38)39)28-16-9-11-23(3)24(28)4/h6-17,22,29H,18-21H2,1-5H3,(H,33,37)/t29-/m0/s1. The van der Waals surface area contributed by atoms with E-state index in [1.165, 1.54) is 4.90 Å². The van der Waals surface area contributed by atoms with Gasteiger partial charge in [-0.05, 0) is 60.2 Å². The molecule has 3 aromatic rings. The maximum Gasteiger partial charge on any atom is 0.244 e. The second-order valence-electron chi connectivity index (χ2n) is 10.5. The van der Waals surface area contributed by atoms with E-state index < -0.39 is 28.5 Å². The molecule has 0 saturated carbocycles. The Bertz CT molecular complexity index is 1430. The molecule has 0 spiro atoms. The first kappa shape index (κ1) is 31.2. The van der Waals surface area contributed by atoms with E-state index in [0.717, 1.165) is 32.8 Å². The fourth-order valence-electron chi connectivity index (χ4n) is 4.41. The molecule has 40 heavy (non-hydrogen) atoms. The van der Waals surface area contributed by atoms with Gasteiger partial charge >= 0.3 is 0 Å². The minimum atomic E-state index is -3.83. The van der Waals surface area contributed by atoms with Gasteiger partial charge in [-0.1, -0.05) is 80.0 Å². The number of hydrogen-bond acceptors (Lipinski definition) is 4. The van der Waals surface area contributed by atoms with E-state index in [0.29, 0.717) is 17.3 Å². The molecular formula is C31H38ClN3O4S. The average Bonchev–Trinajstić information content (AvgIpc) is 2.89. The summed E-state index contributed by atoms with van der Waals surface area (Å²) in [5.41, 5.74) is 3.71. The van der Waals surface area contributed by atoms with Crippen LogP contribution in [0.15, 0.2) is 72.8 Å². The Morgan fingerprint density at radius 1 is 0.925 bits per heavy atom. The van der Waals surface area contributed by atoms with E-state index in [2.05, 4.69) is 5.32 Å². The quantitative estimate of drug-likeness (QED) is 0.320. The Hall–Kier alpha value is -3.36. The van der Waals surface area contributed by atoms with Crippen LogP contribution in [0.25, 0.3) is 0 Å². The Morgan fingerprint density at radius 3 is 2.20 bits per heavy atom. The minimum absolute atomic E-state index is 0.0798. The normalized spacial score (nSPS) is 12.2. The van der Waals surface area contributed by atoms with Crippen molar-refractivity contribution in [1.82, 2.24) is 10.2 Å². The van der Waals surface area contributed by atoms with Gasteiger partial charge in [-0.2, -0.15) is 0 Å². The molecule has 7 nitrogen and oxygen atoms in total. The van der Waals surface area contributed by atoms with Gasteiger partial charge in [-0.3, -0.25) is 13.9 Å². The third-order valence-electron chi connectivity index (χ3n) is 6.72. The van der Waals surface area contributed by atoms with E-state index in [9.17, 15) is 18.0 Å². The van der Waals surface area contributed by atoms with Crippen LogP contribution in [0, 0.1) is 19.8 Å². The van der Waals surface area contributed by atoms with Crippen molar-refractivity contribution >= 4 is 39.1 Å². The number of rotatable bonds is 12. The Labute approximate surface area is 243 Å². The predicted molar refractivity (Wildman–Crippen MR) is 162 cm³/mol. The lowest BCUT2D eigenvalue weighted by molar-refractivity contribution is -0.140. The summed E-state index contributed by atoms with van der Waals surface area (Å²) < 4.78 is 27.1. The van der Waals surface area contributed by atoms with E-state index in [1.54, 1.807) is 30.3 Å². The first-order chi connectivity index (χ1) is 18.9. The van der Waals surface area contributed by atoms with Crippen LogP contribution in [0.4, 0.5) is 5.69 Å². The maximum absolute atomic E-state index is 14.1. The molecule has 0 aliphatic heterocycles. The Morgan fingerprint density at radius 2 is 1.57 bits per heavy atom. The minimum Gasteiger partial charge on any atom is -0.354 e. The number of sulfonamides is 1. The fraction of sp³-hybridized carbons (Fsp3) is 0.355. The molecule has 1 N–H and O–H groups in total. The summed E-state index contributed by atoms with van der Waals surface area (Å²) in [6.45, 7) is 7.78. The maximum atomic E-state index is 14.1. The van der Waals surface area contributed by atoms with Crippen molar-refractivity contribution in [2.45, 2.75) is 46.7 Å². The molecule has 2 amide bonds. The van der Waals surface area contributed by atoms with Crippen LogP contribution in [0.5, 0.6) is 0 Å². The van der Waals surface area contributed by atoms with Crippen molar-refractivity contribution in [1.29, 1.82) is 0 Å². The zero-order chi connectivity index (χ0) is 29.4. The molecule has 3 rings (SSSR count). The molecule has 0 aromatic heterocycles. The number of benzene rings is 3. The molecule has 0 aliphatic rings. The van der Waals surface area contributed by atoms with Gasteiger partial charge in [0.25, 0.3) is 0 Å². The Kier molecular flexibility index (Phi) is 10.8. The summed E-state index contributed by atoms with van der Waals surface area (Å²) in [7, 11) is -3.83. The summed E-state index contributed by atoms with van der Waals surface area (Å²) in [6.07, 6.45) is 1.35. The van der Waals surface area contributed by atoms with E-state index in [-0.39, 0.29) is 24.8 Å². The van der Waals surface area contributed by atoms with Gasteiger partial charge in [0, 0.05) is 24.5 Å². The van der Waals surface area contributed by atoms with Crippen molar-refractivity contribution in [2.24, 2.45) is 5.92 Å². The third-order valence-corrected chi connectivity index (χ3v) is 8.08. The summed E-state index contributed by atoms with van der Waals surface area (Å²) in [5.74, 6) is -0.582. The van der Waals surface area contributed by atoms with E-state index in [1.807, 2.05) is 70.2 Å². The van der Waals surface area contributed by atoms with E-state index >= 15 is 0 Å². The smallest absolute Gasteiger partial charge is 0.244 e. The Balaban J connectivity index is 2.07. The molecular weight excluding hydrogens is 546 g/mol. The lowest BCUT2D eigenvalue weighted by atomic mass is 10.0. The van der Waals surface area contributed by atoms with Crippen LogP contribution in [-0.2, 0) is 32.6 Å². The van der Waals surface area contributed by atoms with Gasteiger partial charge in [-0.15, -0.1) is 0 Å². The van der Waals surface area contributed by atoms with Crippen LogP contribution in [0.3, 0.4) is 0 Å². The topological polar surface area (TPSA) is 86.8 Å². The molecule has 0 unspecified atom stereocenters. The molecule has 0 radical (unpaired) electrons. The van der Waals surface area contributed by atoms with Crippen LogP contribution in [0.1, 0.15) is 36.1 Å². The number of amides is 2. The van der Waals surface area contributed by atoms with Crippen molar-refractivity contribution in [3.05, 3.63) is 100 Å².